The summed E-state index contributed by atoms with van der Waals surface area (Å²) in [7, 11) is 0. The summed E-state index contributed by atoms with van der Waals surface area (Å²) in [5.41, 5.74) is 3.35. The van der Waals surface area contributed by atoms with Crippen LogP contribution in [0.1, 0.15) is 33.9 Å². The van der Waals surface area contributed by atoms with Gasteiger partial charge >= 0.3 is 0 Å². The molecular formula is C14H12BrNOS. The van der Waals surface area contributed by atoms with E-state index < -0.39 is 0 Å². The Morgan fingerprint density at radius 1 is 1.39 bits per heavy atom. The third kappa shape index (κ3) is 2.22. The topological polar surface area (TPSA) is 29.1 Å². The lowest BCUT2D eigenvalue weighted by atomic mass is 10.1. The first-order valence-corrected chi connectivity index (χ1v) is 7.54. The molecule has 1 N–H and O–H groups in total. The molecule has 1 unspecified atom stereocenters. The minimum atomic E-state index is 0.0126. The lowest BCUT2D eigenvalue weighted by Gasteiger charge is -2.13. The Balaban J connectivity index is 1.77. The number of nitrogens with one attached hydrogen (secondary N) is 1. The Bertz CT molecular complexity index is 593. The van der Waals surface area contributed by atoms with Gasteiger partial charge in [-0.1, -0.05) is 24.3 Å². The van der Waals surface area contributed by atoms with Crippen LogP contribution >= 0.6 is 27.3 Å². The standard InChI is InChI=1S/C14H12BrNOS/c15-13-7-10(8-18-13)14(17)16-12-6-5-9-3-1-2-4-11(9)12/h1-4,7-8,12H,5-6H2,(H,16,17). The first-order chi connectivity index (χ1) is 8.74. The SMILES string of the molecule is O=C(NC1CCc2ccccc21)c1csc(Br)c1. The Morgan fingerprint density at radius 3 is 3.00 bits per heavy atom. The average Bonchev–Trinajstić information content (AvgIpc) is 2.97. The number of thiophene rings is 1. The molecule has 1 amide bonds. The number of hydrogen-bond donors (Lipinski definition) is 1. The third-order valence-corrected chi connectivity index (χ3v) is 4.77. The van der Waals surface area contributed by atoms with Gasteiger partial charge in [-0.15, -0.1) is 11.3 Å². The van der Waals surface area contributed by atoms with Crippen LogP contribution in [0.3, 0.4) is 0 Å². The predicted molar refractivity (Wildman–Crippen MR) is 77.0 cm³/mol. The van der Waals surface area contributed by atoms with E-state index in [0.717, 1.165) is 22.2 Å². The smallest absolute Gasteiger partial charge is 0.252 e. The fourth-order valence-corrected chi connectivity index (χ4v) is 3.51. The molecule has 1 atom stereocenters. The number of halogens is 1. The molecule has 0 saturated carbocycles. The van der Waals surface area contributed by atoms with E-state index in [2.05, 4.69) is 39.4 Å². The molecule has 92 valence electrons. The summed E-state index contributed by atoms with van der Waals surface area (Å²) >= 11 is 4.91. The number of hydrogen-bond acceptors (Lipinski definition) is 2. The molecule has 2 aromatic rings. The molecule has 1 aromatic heterocycles. The molecule has 0 saturated heterocycles. The molecule has 0 aliphatic heterocycles. The van der Waals surface area contributed by atoms with Gasteiger partial charge in [0.15, 0.2) is 0 Å². The third-order valence-electron chi connectivity index (χ3n) is 3.27. The van der Waals surface area contributed by atoms with E-state index in [1.54, 1.807) is 0 Å². The molecule has 1 aliphatic carbocycles. The van der Waals surface area contributed by atoms with Gasteiger partial charge in [0, 0.05) is 5.38 Å². The second kappa shape index (κ2) is 4.86. The van der Waals surface area contributed by atoms with Gasteiger partial charge in [-0.25, -0.2) is 0 Å². The van der Waals surface area contributed by atoms with Gasteiger partial charge in [-0.05, 0) is 46.0 Å². The van der Waals surface area contributed by atoms with E-state index in [0.29, 0.717) is 0 Å². The summed E-state index contributed by atoms with van der Waals surface area (Å²) in [4.78, 5) is 12.1. The quantitative estimate of drug-likeness (QED) is 0.892. The van der Waals surface area contributed by atoms with Crippen molar-refractivity contribution in [3.05, 3.63) is 56.2 Å². The van der Waals surface area contributed by atoms with E-state index in [4.69, 9.17) is 0 Å². The summed E-state index contributed by atoms with van der Waals surface area (Å²) < 4.78 is 0.986. The summed E-state index contributed by atoms with van der Waals surface area (Å²) in [6, 6.07) is 10.4. The van der Waals surface area contributed by atoms with Crippen molar-refractivity contribution in [2.75, 3.05) is 0 Å². The number of carbonyl (C=O) groups is 1. The van der Waals surface area contributed by atoms with Crippen LogP contribution in [0.5, 0.6) is 0 Å². The summed E-state index contributed by atoms with van der Waals surface area (Å²) in [5.74, 6) is 0.0126. The fraction of sp³-hybridized carbons (Fsp3) is 0.214. The zero-order chi connectivity index (χ0) is 12.5. The molecule has 3 rings (SSSR count). The van der Waals surface area contributed by atoms with Gasteiger partial charge in [-0.3, -0.25) is 4.79 Å². The van der Waals surface area contributed by atoms with E-state index in [1.165, 1.54) is 22.5 Å². The summed E-state index contributed by atoms with van der Waals surface area (Å²) in [5, 5.41) is 4.99. The van der Waals surface area contributed by atoms with Crippen LogP contribution in [-0.2, 0) is 6.42 Å². The lowest BCUT2D eigenvalue weighted by molar-refractivity contribution is 0.0937. The van der Waals surface area contributed by atoms with E-state index in [-0.39, 0.29) is 11.9 Å². The van der Waals surface area contributed by atoms with Crippen molar-refractivity contribution in [3.63, 3.8) is 0 Å². The zero-order valence-electron chi connectivity index (χ0n) is 9.65. The van der Waals surface area contributed by atoms with Crippen molar-refractivity contribution < 1.29 is 4.79 Å². The normalized spacial score (nSPS) is 17.5. The first-order valence-electron chi connectivity index (χ1n) is 5.87. The molecular weight excluding hydrogens is 310 g/mol. The Morgan fingerprint density at radius 2 is 2.22 bits per heavy atom. The molecule has 1 aromatic carbocycles. The summed E-state index contributed by atoms with van der Waals surface area (Å²) in [6.07, 6.45) is 2.05. The Hall–Kier alpha value is -1.13. The number of aryl methyl sites for hydroxylation is 1. The van der Waals surface area contributed by atoms with Crippen molar-refractivity contribution in [3.8, 4) is 0 Å². The highest BCUT2D eigenvalue weighted by Crippen LogP contribution is 2.31. The maximum absolute atomic E-state index is 12.1. The van der Waals surface area contributed by atoms with E-state index in [1.807, 2.05) is 17.5 Å². The van der Waals surface area contributed by atoms with Crippen molar-refractivity contribution in [2.45, 2.75) is 18.9 Å². The number of benzene rings is 1. The Labute approximate surface area is 118 Å². The van der Waals surface area contributed by atoms with Crippen LogP contribution in [0.25, 0.3) is 0 Å². The first kappa shape index (κ1) is 11.9. The van der Waals surface area contributed by atoms with E-state index in [9.17, 15) is 4.79 Å². The van der Waals surface area contributed by atoms with Crippen LogP contribution in [0.2, 0.25) is 0 Å². The predicted octanol–water partition coefficient (Wildman–Crippen LogP) is 3.93. The highest BCUT2D eigenvalue weighted by atomic mass is 79.9. The number of rotatable bonds is 2. The maximum Gasteiger partial charge on any atom is 0.252 e. The number of fused-ring (bicyclic) bond motifs is 1. The maximum atomic E-state index is 12.1. The lowest BCUT2D eigenvalue weighted by Crippen LogP contribution is -2.26. The molecule has 2 nitrogen and oxygen atoms in total. The molecule has 0 spiro atoms. The van der Waals surface area contributed by atoms with Crippen LogP contribution in [0.4, 0.5) is 0 Å². The van der Waals surface area contributed by atoms with E-state index >= 15 is 0 Å². The summed E-state index contributed by atoms with van der Waals surface area (Å²) in [6.45, 7) is 0. The van der Waals surface area contributed by atoms with Crippen LogP contribution in [-0.4, -0.2) is 5.91 Å². The van der Waals surface area contributed by atoms with Crippen LogP contribution < -0.4 is 5.32 Å². The van der Waals surface area contributed by atoms with Crippen molar-refractivity contribution in [1.29, 1.82) is 0 Å². The molecule has 0 bridgehead atoms. The van der Waals surface area contributed by atoms with Gasteiger partial charge in [-0.2, -0.15) is 0 Å². The fourth-order valence-electron chi connectivity index (χ4n) is 2.38. The number of amides is 1. The number of carbonyl (C=O) groups excluding carboxylic acids is 1. The van der Waals surface area contributed by atoms with Crippen LogP contribution in [0, 0.1) is 0 Å². The monoisotopic (exact) mass is 321 g/mol. The molecule has 18 heavy (non-hydrogen) atoms. The van der Waals surface area contributed by atoms with Crippen molar-refractivity contribution in [1.82, 2.24) is 5.32 Å². The Kier molecular flexibility index (Phi) is 3.22. The molecule has 1 heterocycles. The second-order valence-electron chi connectivity index (χ2n) is 4.40. The molecule has 1 aliphatic rings. The van der Waals surface area contributed by atoms with Crippen LogP contribution in [0.15, 0.2) is 39.5 Å². The second-order valence-corrected chi connectivity index (χ2v) is 6.69. The molecule has 4 heteroatoms. The van der Waals surface area contributed by atoms with Gasteiger partial charge in [0.1, 0.15) is 0 Å². The highest BCUT2D eigenvalue weighted by Gasteiger charge is 2.23. The van der Waals surface area contributed by atoms with Gasteiger partial charge < -0.3 is 5.32 Å². The largest absolute Gasteiger partial charge is 0.345 e. The minimum absolute atomic E-state index is 0.0126. The van der Waals surface area contributed by atoms with Crippen molar-refractivity contribution >= 4 is 33.2 Å². The molecule has 0 radical (unpaired) electrons. The average molecular weight is 322 g/mol. The van der Waals surface area contributed by atoms with Gasteiger partial charge in [0.25, 0.3) is 5.91 Å². The zero-order valence-corrected chi connectivity index (χ0v) is 12.1. The van der Waals surface area contributed by atoms with Crippen molar-refractivity contribution in [2.24, 2.45) is 0 Å². The minimum Gasteiger partial charge on any atom is -0.345 e. The van der Waals surface area contributed by atoms with Gasteiger partial charge in [0.2, 0.25) is 0 Å². The molecule has 0 fully saturated rings. The highest BCUT2D eigenvalue weighted by molar-refractivity contribution is 9.11. The van der Waals surface area contributed by atoms with Gasteiger partial charge in [0.05, 0.1) is 15.4 Å².